The fraction of sp³-hybridized carbons (Fsp3) is 0.294. The highest BCUT2D eigenvalue weighted by Gasteiger charge is 2.45. The van der Waals surface area contributed by atoms with Crippen molar-refractivity contribution in [3.63, 3.8) is 0 Å². The van der Waals surface area contributed by atoms with Gasteiger partial charge >= 0.3 is 23.9 Å². The van der Waals surface area contributed by atoms with Gasteiger partial charge < -0.3 is 35.1 Å². The Morgan fingerprint density at radius 3 is 1.21 bits per heavy atom. The lowest BCUT2D eigenvalue weighted by molar-refractivity contribution is -0.385. The molecule has 0 aliphatic carbocycles. The number of likely N-dealkylation sites (tertiary alicyclic amines) is 2. The second-order valence-electron chi connectivity index (χ2n) is 22.5. The molecule has 4 aliphatic rings. The van der Waals surface area contributed by atoms with E-state index >= 15 is 0 Å². The van der Waals surface area contributed by atoms with Gasteiger partial charge in [-0.25, -0.2) is 19.2 Å². The predicted octanol–water partition coefficient (Wildman–Crippen LogP) is 11.1. The normalized spacial score (nSPS) is 20.4. The zero-order valence-corrected chi connectivity index (χ0v) is 49.9. The summed E-state index contributed by atoms with van der Waals surface area (Å²) < 4.78 is 16.1. The van der Waals surface area contributed by atoms with Crippen molar-refractivity contribution in [1.29, 1.82) is 0 Å². The number of dihydropyridines is 2. The van der Waals surface area contributed by atoms with Crippen molar-refractivity contribution in [2.24, 2.45) is 0 Å². The lowest BCUT2D eigenvalue weighted by atomic mass is 9.80. The van der Waals surface area contributed by atoms with Gasteiger partial charge in [-0.2, -0.15) is 0 Å². The summed E-state index contributed by atoms with van der Waals surface area (Å²) in [5, 5.41) is 48.4. The SMILES string of the molecule is CC1(O)CCN(C(c2ccccc2)c2ccccc2)C1.COC(=O)C1=C(C)NC(C)=C(C(=O)O)C1c1cccc([N+](=O)[O-])c1.COC(=O)C1=C(C)NC(C)=C(C(=O)OC2(C)CCN(C(c3ccccc3)c3ccccc3)C2)[C@H]1c1cccc([N+](=O)[O-])c1. The van der Waals surface area contributed by atoms with Crippen LogP contribution in [0, 0.1) is 20.2 Å². The van der Waals surface area contributed by atoms with Crippen LogP contribution >= 0.6 is 0 Å². The molecule has 2 saturated heterocycles. The zero-order valence-electron chi connectivity index (χ0n) is 49.9. The van der Waals surface area contributed by atoms with Gasteiger partial charge in [0.2, 0.25) is 0 Å². The lowest BCUT2D eigenvalue weighted by Gasteiger charge is -2.34. The number of nitrogens with zero attached hydrogens (tertiary/aromatic N) is 4. The van der Waals surface area contributed by atoms with Gasteiger partial charge in [-0.15, -0.1) is 0 Å². The van der Waals surface area contributed by atoms with Crippen molar-refractivity contribution in [2.45, 2.75) is 89.5 Å². The summed E-state index contributed by atoms with van der Waals surface area (Å²) in [4.78, 5) is 77.3. The summed E-state index contributed by atoms with van der Waals surface area (Å²) in [6, 6.07) is 53.4. The van der Waals surface area contributed by atoms with E-state index in [2.05, 4.69) is 93.2 Å². The number of carbonyl (C=O) groups excluding carboxylic acids is 3. The summed E-state index contributed by atoms with van der Waals surface area (Å²) in [6.45, 7) is 13.4. The van der Waals surface area contributed by atoms with E-state index in [4.69, 9.17) is 14.2 Å². The number of hydrogen-bond acceptors (Lipinski definition) is 16. The van der Waals surface area contributed by atoms with Crippen LogP contribution in [-0.4, -0.2) is 105 Å². The molecule has 4 heterocycles. The molecule has 2 fully saturated rings. The maximum Gasteiger partial charge on any atom is 0.337 e. The number of allylic oxidation sites excluding steroid dienone is 4. The number of aliphatic hydroxyl groups is 1. The quantitative estimate of drug-likeness (QED) is 0.0323. The molecule has 3 unspecified atom stereocenters. The molecule has 19 nitrogen and oxygen atoms in total. The van der Waals surface area contributed by atoms with Gasteiger partial charge in [0.15, 0.2) is 0 Å². The third kappa shape index (κ3) is 14.8. The van der Waals surface area contributed by atoms with Crippen molar-refractivity contribution in [3.05, 3.63) is 269 Å². The summed E-state index contributed by atoms with van der Waals surface area (Å²) in [7, 11) is 2.46. The first-order valence-electron chi connectivity index (χ1n) is 28.4. The van der Waals surface area contributed by atoms with Crippen LogP contribution < -0.4 is 10.6 Å². The Kier molecular flexibility index (Phi) is 20.2. The number of methoxy groups -OCH3 is 2. The number of esters is 3. The number of carboxylic acids is 1. The van der Waals surface area contributed by atoms with Crippen molar-refractivity contribution >= 4 is 35.3 Å². The highest BCUT2D eigenvalue weighted by atomic mass is 16.6. The average molecular weight is 1180 g/mol. The Hall–Kier alpha value is -9.56. The van der Waals surface area contributed by atoms with Crippen molar-refractivity contribution in [1.82, 2.24) is 20.4 Å². The second kappa shape index (κ2) is 27.6. The first-order valence-corrected chi connectivity index (χ1v) is 28.4. The fourth-order valence-corrected chi connectivity index (χ4v) is 12.1. The van der Waals surface area contributed by atoms with Crippen LogP contribution in [0.3, 0.4) is 0 Å². The van der Waals surface area contributed by atoms with E-state index in [1.165, 1.54) is 55.7 Å². The van der Waals surface area contributed by atoms with Gasteiger partial charge in [-0.3, -0.25) is 30.0 Å². The van der Waals surface area contributed by atoms with Crippen LogP contribution in [-0.2, 0) is 33.4 Å². The van der Waals surface area contributed by atoms with Crippen molar-refractivity contribution in [3.8, 4) is 0 Å². The van der Waals surface area contributed by atoms with E-state index in [-0.39, 0.29) is 45.8 Å². The van der Waals surface area contributed by atoms with Crippen LogP contribution in [0.5, 0.6) is 0 Å². The number of carbonyl (C=O) groups is 4. The third-order valence-corrected chi connectivity index (χ3v) is 16.1. The summed E-state index contributed by atoms with van der Waals surface area (Å²) in [5.41, 5.74) is 6.21. The molecule has 19 heteroatoms. The van der Waals surface area contributed by atoms with Crippen LogP contribution in [0.1, 0.15) is 112 Å². The first kappa shape index (κ1) is 63.5. The first-order chi connectivity index (χ1) is 41.5. The van der Waals surface area contributed by atoms with Crippen LogP contribution in [0.4, 0.5) is 11.4 Å². The lowest BCUT2D eigenvalue weighted by Crippen LogP contribution is -2.39. The second-order valence-corrected chi connectivity index (χ2v) is 22.5. The molecule has 87 heavy (non-hydrogen) atoms. The standard InChI is InChI=1S/C34H35N3O6.C18H21NO.C16H16N2O6/c1-22-28(32(38)42-4)30(26-16-11-17-27(20-26)37(40)41)29(23(2)35-22)33(39)43-34(3)18-19-36(21-34)31(24-12-7-5-8-13-24)25-14-9-6-10-15-25;1-18(20)12-13-19(14-18)17(15-8-4-2-5-9-15)16-10-6-3-7-11-16;1-8-12(15(19)20)14(13(9(2)17-8)16(21)24-3)10-5-4-6-11(7-10)18(22)23/h5-17,20,30-31,35H,18-19,21H2,1-4H3;2-11,17,20H,12-14H2,1H3;4-7,14,17H,1-3H3,(H,19,20)/t30-,34?;;/m0../s1. The average Bonchev–Trinajstić information content (AvgIpc) is 2.32. The number of ether oxygens (including phenoxy) is 3. The molecule has 10 rings (SSSR count). The van der Waals surface area contributed by atoms with Gasteiger partial charge in [0.25, 0.3) is 11.4 Å². The Bertz CT molecular complexity index is 3580. The van der Waals surface area contributed by atoms with Gasteiger partial charge in [0.05, 0.1) is 75.9 Å². The highest BCUT2D eigenvalue weighted by Crippen LogP contribution is 2.44. The molecule has 4 N–H and O–H groups in total. The van der Waals surface area contributed by atoms with Crippen LogP contribution in [0.15, 0.2) is 215 Å². The molecule has 4 atom stereocenters. The number of nitro benzene ring substituents is 2. The third-order valence-electron chi connectivity index (χ3n) is 16.1. The molecule has 6 aromatic rings. The molecule has 6 aromatic carbocycles. The number of non-ortho nitro benzene ring substituents is 2. The monoisotopic (exact) mass is 1180 g/mol. The van der Waals surface area contributed by atoms with Gasteiger partial charge in [0.1, 0.15) is 5.60 Å². The zero-order chi connectivity index (χ0) is 62.7. The van der Waals surface area contributed by atoms with E-state index in [0.29, 0.717) is 53.4 Å². The highest BCUT2D eigenvalue weighted by molar-refractivity contribution is 6.00. The molecule has 452 valence electrons. The van der Waals surface area contributed by atoms with Gasteiger partial charge in [-0.05, 0) is 81.3 Å². The number of nitro groups is 2. The Balaban J connectivity index is 0.000000187. The maximum atomic E-state index is 14.1. The molecule has 0 radical (unpaired) electrons. The summed E-state index contributed by atoms with van der Waals surface area (Å²) >= 11 is 0. The predicted molar refractivity (Wildman–Crippen MR) is 327 cm³/mol. The van der Waals surface area contributed by atoms with E-state index < -0.39 is 56.8 Å². The minimum Gasteiger partial charge on any atom is -0.478 e. The number of benzene rings is 6. The number of rotatable bonds is 15. The van der Waals surface area contributed by atoms with E-state index in [1.807, 2.05) is 62.4 Å². The molecule has 0 amide bonds. The smallest absolute Gasteiger partial charge is 0.337 e. The van der Waals surface area contributed by atoms with E-state index in [9.17, 15) is 49.6 Å². The van der Waals surface area contributed by atoms with Crippen molar-refractivity contribution < 1.29 is 53.4 Å². The summed E-state index contributed by atoms with van der Waals surface area (Å²) in [6.07, 6.45) is 1.44. The number of carboxylic acid groups (broad SMARTS) is 1. The molecule has 0 bridgehead atoms. The maximum absolute atomic E-state index is 14.1. The number of β-amino-alcohol motifs (C(OH)–C–C–N with tert-alkyl or cyclic N) is 1. The molecule has 0 saturated carbocycles. The van der Waals surface area contributed by atoms with Crippen molar-refractivity contribution in [2.75, 3.05) is 40.4 Å². The van der Waals surface area contributed by atoms with Gasteiger partial charge in [-0.1, -0.05) is 146 Å². The molecular formula is C68H72N6O13. The van der Waals surface area contributed by atoms with E-state index in [1.54, 1.807) is 45.9 Å². The largest absolute Gasteiger partial charge is 0.478 e. The number of aliphatic carboxylic acids is 1. The number of nitrogens with one attached hydrogen (secondary N) is 2. The topological polar surface area (TPSA) is 253 Å². The molecule has 4 aliphatic heterocycles. The number of hydrogen-bond donors (Lipinski definition) is 4. The summed E-state index contributed by atoms with van der Waals surface area (Å²) in [5.74, 6) is -5.00. The minimum absolute atomic E-state index is 0.0191. The Labute approximate surface area is 505 Å². The molecule has 0 aromatic heterocycles. The van der Waals surface area contributed by atoms with Crippen LogP contribution in [0.25, 0.3) is 0 Å². The Morgan fingerprint density at radius 1 is 0.517 bits per heavy atom. The fourth-order valence-electron chi connectivity index (χ4n) is 12.1. The molecular weight excluding hydrogens is 1110 g/mol. The van der Waals surface area contributed by atoms with Crippen LogP contribution in [0.2, 0.25) is 0 Å². The van der Waals surface area contributed by atoms with Gasteiger partial charge in [0, 0.05) is 79.7 Å². The Morgan fingerprint density at radius 2 is 0.862 bits per heavy atom. The van der Waals surface area contributed by atoms with E-state index in [0.717, 1.165) is 30.6 Å². The minimum atomic E-state index is -1.22. The molecule has 0 spiro atoms.